The summed E-state index contributed by atoms with van der Waals surface area (Å²) in [7, 11) is 4.73. The Morgan fingerprint density at radius 1 is 1.21 bits per heavy atom. The van der Waals surface area contributed by atoms with Gasteiger partial charge < -0.3 is 24.8 Å². The summed E-state index contributed by atoms with van der Waals surface area (Å²) >= 11 is 0. The van der Waals surface area contributed by atoms with Gasteiger partial charge in [-0.05, 0) is 44.0 Å². The number of halogens is 1. The van der Waals surface area contributed by atoms with Crippen LogP contribution >= 0.6 is 12.4 Å². The molecule has 1 aromatic carbocycles. The van der Waals surface area contributed by atoms with Crippen LogP contribution in [0.15, 0.2) is 12.1 Å². The number of piperidine rings is 1. The fraction of sp³-hybridized carbons (Fsp3) is 0.588. The Bertz CT molecular complexity index is 528. The van der Waals surface area contributed by atoms with Gasteiger partial charge >= 0.3 is 0 Å². The fourth-order valence-electron chi connectivity index (χ4n) is 2.94. The van der Waals surface area contributed by atoms with E-state index in [2.05, 4.69) is 17.6 Å². The van der Waals surface area contributed by atoms with Gasteiger partial charge in [0.05, 0.1) is 21.3 Å². The van der Waals surface area contributed by atoms with Crippen molar-refractivity contribution in [2.24, 2.45) is 5.92 Å². The second-order valence-corrected chi connectivity index (χ2v) is 5.83. The molecule has 0 unspecified atom stereocenters. The minimum absolute atomic E-state index is 0. The van der Waals surface area contributed by atoms with Gasteiger partial charge in [-0.2, -0.15) is 0 Å². The zero-order valence-corrected chi connectivity index (χ0v) is 15.5. The molecule has 7 heteroatoms. The number of hydrogen-bond donors (Lipinski definition) is 2. The Balaban J connectivity index is 0.00000288. The van der Waals surface area contributed by atoms with Crippen LogP contribution in [-0.2, 0) is 11.3 Å². The van der Waals surface area contributed by atoms with E-state index in [-0.39, 0.29) is 24.2 Å². The SMILES string of the molecule is COc1cc(CNC(=O)[C@H]2CCN[C@@H](C)C2)cc(OC)c1OC.Cl. The normalized spacial score (nSPS) is 19.8. The molecule has 1 aromatic rings. The number of benzene rings is 1. The van der Waals surface area contributed by atoms with Gasteiger partial charge in [0.15, 0.2) is 11.5 Å². The van der Waals surface area contributed by atoms with Crippen molar-refractivity contribution in [3.8, 4) is 17.2 Å². The lowest BCUT2D eigenvalue weighted by molar-refractivity contribution is -0.126. The molecule has 2 rings (SSSR count). The summed E-state index contributed by atoms with van der Waals surface area (Å²) in [6.07, 6.45) is 1.76. The van der Waals surface area contributed by atoms with E-state index in [0.29, 0.717) is 29.8 Å². The van der Waals surface area contributed by atoms with Crippen LogP contribution < -0.4 is 24.8 Å². The number of nitrogens with one attached hydrogen (secondary N) is 2. The van der Waals surface area contributed by atoms with Crippen LogP contribution in [0.1, 0.15) is 25.3 Å². The monoisotopic (exact) mass is 358 g/mol. The summed E-state index contributed by atoms with van der Waals surface area (Å²) in [4.78, 5) is 12.3. The highest BCUT2D eigenvalue weighted by atomic mass is 35.5. The average molecular weight is 359 g/mol. The van der Waals surface area contributed by atoms with E-state index in [1.54, 1.807) is 21.3 Å². The molecule has 0 saturated carbocycles. The van der Waals surface area contributed by atoms with Crippen molar-refractivity contribution in [1.82, 2.24) is 10.6 Å². The van der Waals surface area contributed by atoms with Crippen molar-refractivity contribution >= 4 is 18.3 Å². The third-order valence-corrected chi connectivity index (χ3v) is 4.19. The van der Waals surface area contributed by atoms with Gasteiger partial charge in [-0.1, -0.05) is 0 Å². The predicted molar refractivity (Wildman–Crippen MR) is 95.4 cm³/mol. The molecule has 2 N–H and O–H groups in total. The minimum Gasteiger partial charge on any atom is -0.493 e. The first kappa shape index (κ1) is 20.4. The predicted octanol–water partition coefficient (Wildman–Crippen LogP) is 2.14. The molecule has 1 saturated heterocycles. The van der Waals surface area contributed by atoms with Gasteiger partial charge in [-0.3, -0.25) is 4.79 Å². The molecule has 0 spiro atoms. The highest BCUT2D eigenvalue weighted by Gasteiger charge is 2.24. The van der Waals surface area contributed by atoms with E-state index in [4.69, 9.17) is 14.2 Å². The van der Waals surface area contributed by atoms with E-state index < -0.39 is 0 Å². The molecule has 6 nitrogen and oxygen atoms in total. The van der Waals surface area contributed by atoms with Crippen molar-refractivity contribution in [2.45, 2.75) is 32.4 Å². The van der Waals surface area contributed by atoms with Crippen LogP contribution in [0.25, 0.3) is 0 Å². The molecular weight excluding hydrogens is 332 g/mol. The Kier molecular flexibility index (Phi) is 8.15. The first-order valence-corrected chi connectivity index (χ1v) is 7.89. The molecule has 1 fully saturated rings. The quantitative estimate of drug-likeness (QED) is 0.815. The molecule has 0 aliphatic carbocycles. The Labute approximate surface area is 149 Å². The summed E-state index contributed by atoms with van der Waals surface area (Å²) in [5.74, 6) is 1.91. The number of amides is 1. The zero-order chi connectivity index (χ0) is 16.8. The first-order chi connectivity index (χ1) is 11.1. The van der Waals surface area contributed by atoms with Crippen molar-refractivity contribution in [3.05, 3.63) is 17.7 Å². The van der Waals surface area contributed by atoms with Crippen LogP contribution in [0.4, 0.5) is 0 Å². The van der Waals surface area contributed by atoms with Crippen LogP contribution in [0.2, 0.25) is 0 Å². The third kappa shape index (κ3) is 4.92. The van der Waals surface area contributed by atoms with E-state index >= 15 is 0 Å². The molecule has 1 amide bonds. The lowest BCUT2D eigenvalue weighted by Gasteiger charge is -2.27. The van der Waals surface area contributed by atoms with Crippen molar-refractivity contribution < 1.29 is 19.0 Å². The van der Waals surface area contributed by atoms with E-state index in [9.17, 15) is 4.79 Å². The Morgan fingerprint density at radius 2 is 1.83 bits per heavy atom. The number of methoxy groups -OCH3 is 3. The fourth-order valence-corrected chi connectivity index (χ4v) is 2.94. The average Bonchev–Trinajstić information content (AvgIpc) is 2.58. The highest BCUT2D eigenvalue weighted by Crippen LogP contribution is 2.38. The minimum atomic E-state index is 0. The van der Waals surface area contributed by atoms with Gasteiger partial charge in [0.2, 0.25) is 11.7 Å². The number of ether oxygens (including phenoxy) is 3. The molecule has 0 aromatic heterocycles. The molecule has 24 heavy (non-hydrogen) atoms. The van der Waals surface area contributed by atoms with E-state index in [1.807, 2.05) is 12.1 Å². The van der Waals surface area contributed by atoms with Crippen molar-refractivity contribution in [3.63, 3.8) is 0 Å². The van der Waals surface area contributed by atoms with Crippen molar-refractivity contribution in [2.75, 3.05) is 27.9 Å². The summed E-state index contributed by atoms with van der Waals surface area (Å²) in [6, 6.07) is 4.10. The molecular formula is C17H27ClN2O4. The maximum Gasteiger partial charge on any atom is 0.223 e. The van der Waals surface area contributed by atoms with Crippen molar-refractivity contribution in [1.29, 1.82) is 0 Å². The molecule has 1 aliphatic rings. The second kappa shape index (κ2) is 9.59. The molecule has 0 radical (unpaired) electrons. The lowest BCUT2D eigenvalue weighted by atomic mass is 9.92. The topological polar surface area (TPSA) is 68.8 Å². The molecule has 0 bridgehead atoms. The molecule has 1 heterocycles. The maximum atomic E-state index is 12.3. The smallest absolute Gasteiger partial charge is 0.223 e. The summed E-state index contributed by atoms with van der Waals surface area (Å²) < 4.78 is 16.0. The van der Waals surface area contributed by atoms with Gasteiger partial charge in [0, 0.05) is 18.5 Å². The van der Waals surface area contributed by atoms with Gasteiger partial charge in [-0.25, -0.2) is 0 Å². The summed E-state index contributed by atoms with van der Waals surface area (Å²) in [6.45, 7) is 3.44. The number of hydrogen-bond acceptors (Lipinski definition) is 5. The van der Waals surface area contributed by atoms with Gasteiger partial charge in [0.1, 0.15) is 0 Å². The molecule has 136 valence electrons. The van der Waals surface area contributed by atoms with E-state index in [0.717, 1.165) is 24.9 Å². The van der Waals surface area contributed by atoms with Gasteiger partial charge in [-0.15, -0.1) is 12.4 Å². The number of carbonyl (C=O) groups is 1. The lowest BCUT2D eigenvalue weighted by Crippen LogP contribution is -2.42. The highest BCUT2D eigenvalue weighted by molar-refractivity contribution is 5.85. The Morgan fingerprint density at radius 3 is 2.33 bits per heavy atom. The summed E-state index contributed by atoms with van der Waals surface area (Å²) in [5, 5.41) is 6.37. The second-order valence-electron chi connectivity index (χ2n) is 5.83. The third-order valence-electron chi connectivity index (χ3n) is 4.19. The summed E-state index contributed by atoms with van der Waals surface area (Å²) in [5.41, 5.74) is 0.912. The van der Waals surface area contributed by atoms with Crippen LogP contribution in [0.5, 0.6) is 17.2 Å². The number of carbonyl (C=O) groups excluding carboxylic acids is 1. The zero-order valence-electron chi connectivity index (χ0n) is 14.7. The van der Waals surface area contributed by atoms with Crippen LogP contribution in [0, 0.1) is 5.92 Å². The van der Waals surface area contributed by atoms with E-state index in [1.165, 1.54) is 0 Å². The largest absolute Gasteiger partial charge is 0.493 e. The molecule has 1 aliphatic heterocycles. The Hall–Kier alpha value is -1.66. The number of rotatable bonds is 6. The standard InChI is InChI=1S/C17H26N2O4.ClH/c1-11-7-13(5-6-18-11)17(20)19-10-12-8-14(21-2)16(23-4)15(9-12)22-3;/h8-9,11,13,18H,5-7,10H2,1-4H3,(H,19,20);1H/t11-,13-;/m0./s1. The maximum absolute atomic E-state index is 12.3. The first-order valence-electron chi connectivity index (χ1n) is 7.89. The van der Waals surface area contributed by atoms with Gasteiger partial charge in [0.25, 0.3) is 0 Å². The van der Waals surface area contributed by atoms with Crippen LogP contribution in [0.3, 0.4) is 0 Å². The van der Waals surface area contributed by atoms with Crippen LogP contribution in [-0.4, -0.2) is 39.8 Å². The molecule has 2 atom stereocenters.